The van der Waals surface area contributed by atoms with Crippen molar-refractivity contribution < 1.29 is 10.2 Å². The van der Waals surface area contributed by atoms with Crippen molar-refractivity contribution in [2.75, 3.05) is 0 Å². The zero-order valence-electron chi connectivity index (χ0n) is 10.4. The van der Waals surface area contributed by atoms with Gasteiger partial charge in [0.05, 0.1) is 0 Å². The van der Waals surface area contributed by atoms with Gasteiger partial charge >= 0.3 is 0 Å². The summed E-state index contributed by atoms with van der Waals surface area (Å²) in [5.41, 5.74) is 2.54. The van der Waals surface area contributed by atoms with E-state index in [1.165, 1.54) is 0 Å². The van der Waals surface area contributed by atoms with E-state index in [0.717, 1.165) is 23.1 Å². The van der Waals surface area contributed by atoms with Gasteiger partial charge in [-0.25, -0.2) is 0 Å². The molecule has 2 heteroatoms. The fourth-order valence-electron chi connectivity index (χ4n) is 1.63. The van der Waals surface area contributed by atoms with E-state index < -0.39 is 0 Å². The Morgan fingerprint density at radius 2 is 1.81 bits per heavy atom. The maximum Gasteiger partial charge on any atom is 0.160 e. The van der Waals surface area contributed by atoms with Crippen molar-refractivity contribution in [2.24, 2.45) is 5.92 Å². The predicted molar refractivity (Wildman–Crippen MR) is 66.9 cm³/mol. The molecule has 0 saturated heterocycles. The van der Waals surface area contributed by atoms with Gasteiger partial charge in [0.25, 0.3) is 0 Å². The van der Waals surface area contributed by atoms with Gasteiger partial charge < -0.3 is 10.2 Å². The molecule has 1 rings (SSSR count). The molecular weight excluding hydrogens is 200 g/mol. The number of hydrogen-bond acceptors (Lipinski definition) is 2. The number of phenols is 2. The Morgan fingerprint density at radius 1 is 1.19 bits per heavy atom. The Hall–Kier alpha value is -1.44. The lowest BCUT2D eigenvalue weighted by Gasteiger charge is -2.10. The van der Waals surface area contributed by atoms with Crippen LogP contribution in [-0.2, 0) is 6.42 Å². The van der Waals surface area contributed by atoms with E-state index in [9.17, 15) is 10.2 Å². The van der Waals surface area contributed by atoms with Crippen LogP contribution in [0.3, 0.4) is 0 Å². The van der Waals surface area contributed by atoms with E-state index in [0.29, 0.717) is 5.92 Å². The van der Waals surface area contributed by atoms with Crippen LogP contribution in [0.4, 0.5) is 0 Å². The second-order valence-corrected chi connectivity index (χ2v) is 4.55. The highest BCUT2D eigenvalue weighted by Crippen LogP contribution is 2.34. The van der Waals surface area contributed by atoms with Gasteiger partial charge in [0.15, 0.2) is 11.5 Å². The summed E-state index contributed by atoms with van der Waals surface area (Å²) < 4.78 is 0. The Balaban J connectivity index is 2.98. The molecule has 2 N–H and O–H groups in total. The monoisotopic (exact) mass is 220 g/mol. The molecule has 0 spiro atoms. The number of rotatable bonds is 3. The highest BCUT2D eigenvalue weighted by Gasteiger charge is 2.10. The van der Waals surface area contributed by atoms with Crippen LogP contribution in [0.5, 0.6) is 11.5 Å². The highest BCUT2D eigenvalue weighted by atomic mass is 16.3. The van der Waals surface area contributed by atoms with Crippen LogP contribution >= 0.6 is 0 Å². The molecule has 0 radical (unpaired) electrons. The molecule has 16 heavy (non-hydrogen) atoms. The van der Waals surface area contributed by atoms with Gasteiger partial charge in [0.2, 0.25) is 0 Å². The van der Waals surface area contributed by atoms with E-state index in [1.807, 2.05) is 13.0 Å². The van der Waals surface area contributed by atoms with Gasteiger partial charge in [-0.2, -0.15) is 0 Å². The van der Waals surface area contributed by atoms with E-state index in [4.69, 9.17) is 0 Å². The largest absolute Gasteiger partial charge is 0.504 e. The molecule has 0 aliphatic heterocycles. The number of phenolic OH excluding ortho intramolecular Hbond substituents is 2. The number of allylic oxidation sites excluding steroid dienone is 2. The molecule has 0 saturated carbocycles. The SMILES string of the molecule is Cc1cc(CC=CC(C)C)c(C)c(O)c1O. The molecule has 0 amide bonds. The average Bonchev–Trinajstić information content (AvgIpc) is 2.22. The first-order valence-corrected chi connectivity index (χ1v) is 5.61. The van der Waals surface area contributed by atoms with E-state index in [2.05, 4.69) is 26.0 Å². The van der Waals surface area contributed by atoms with E-state index in [1.54, 1.807) is 6.92 Å². The zero-order chi connectivity index (χ0) is 12.3. The summed E-state index contributed by atoms with van der Waals surface area (Å²) in [6.45, 7) is 7.88. The lowest BCUT2D eigenvalue weighted by atomic mass is 10.00. The smallest absolute Gasteiger partial charge is 0.160 e. The van der Waals surface area contributed by atoms with Gasteiger partial charge in [-0.3, -0.25) is 0 Å². The molecule has 0 bridgehead atoms. The van der Waals surface area contributed by atoms with Crippen LogP contribution in [0.2, 0.25) is 0 Å². The molecule has 0 aromatic heterocycles. The van der Waals surface area contributed by atoms with Crippen molar-refractivity contribution in [1.82, 2.24) is 0 Å². The third-order valence-electron chi connectivity index (χ3n) is 2.68. The zero-order valence-corrected chi connectivity index (χ0v) is 10.4. The first-order chi connectivity index (χ1) is 7.43. The first kappa shape index (κ1) is 12.6. The topological polar surface area (TPSA) is 40.5 Å². The summed E-state index contributed by atoms with van der Waals surface area (Å²) >= 11 is 0. The molecule has 0 aliphatic rings. The fraction of sp³-hybridized carbons (Fsp3) is 0.429. The maximum absolute atomic E-state index is 9.70. The fourth-order valence-corrected chi connectivity index (χ4v) is 1.63. The van der Waals surface area contributed by atoms with Crippen molar-refractivity contribution in [2.45, 2.75) is 34.1 Å². The molecule has 0 fully saturated rings. The second-order valence-electron chi connectivity index (χ2n) is 4.55. The second kappa shape index (κ2) is 5.06. The Labute approximate surface area is 97.2 Å². The van der Waals surface area contributed by atoms with Crippen molar-refractivity contribution in [1.29, 1.82) is 0 Å². The van der Waals surface area contributed by atoms with Crippen molar-refractivity contribution in [3.05, 3.63) is 34.9 Å². The average molecular weight is 220 g/mol. The lowest BCUT2D eigenvalue weighted by Crippen LogP contribution is -1.91. The molecule has 88 valence electrons. The molecule has 1 aromatic rings. The standard InChI is InChI=1S/C14H20O2/c1-9(2)6-5-7-12-8-10(3)13(15)14(16)11(12)4/h5-6,8-9,15-16H,7H2,1-4H3. The summed E-state index contributed by atoms with van der Waals surface area (Å²) in [4.78, 5) is 0. The van der Waals surface area contributed by atoms with Crippen LogP contribution in [0.15, 0.2) is 18.2 Å². The highest BCUT2D eigenvalue weighted by molar-refractivity contribution is 5.53. The number of benzene rings is 1. The van der Waals surface area contributed by atoms with Crippen LogP contribution in [0.1, 0.15) is 30.5 Å². The summed E-state index contributed by atoms with van der Waals surface area (Å²) in [6.07, 6.45) is 5.03. The summed E-state index contributed by atoms with van der Waals surface area (Å²) in [6, 6.07) is 1.93. The van der Waals surface area contributed by atoms with Crippen LogP contribution in [0, 0.1) is 19.8 Å². The van der Waals surface area contributed by atoms with Crippen molar-refractivity contribution in [3.63, 3.8) is 0 Å². The summed E-state index contributed by atoms with van der Waals surface area (Å²) in [5, 5.41) is 19.3. The molecule has 0 aliphatic carbocycles. The lowest BCUT2D eigenvalue weighted by molar-refractivity contribution is 0.398. The van der Waals surface area contributed by atoms with Crippen molar-refractivity contribution in [3.8, 4) is 11.5 Å². The van der Waals surface area contributed by atoms with Gasteiger partial charge in [-0.15, -0.1) is 0 Å². The van der Waals surface area contributed by atoms with E-state index >= 15 is 0 Å². The van der Waals surface area contributed by atoms with Gasteiger partial charge in [-0.05, 0) is 42.9 Å². The maximum atomic E-state index is 9.70. The summed E-state index contributed by atoms with van der Waals surface area (Å²) in [7, 11) is 0. The van der Waals surface area contributed by atoms with E-state index in [-0.39, 0.29) is 11.5 Å². The molecule has 1 aromatic carbocycles. The predicted octanol–water partition coefficient (Wildman–Crippen LogP) is 3.47. The normalized spacial score (nSPS) is 11.6. The Kier molecular flexibility index (Phi) is 3.99. The number of hydrogen-bond donors (Lipinski definition) is 2. The quantitative estimate of drug-likeness (QED) is 0.605. The Bertz CT molecular complexity index is 404. The summed E-state index contributed by atoms with van der Waals surface area (Å²) in [5.74, 6) is 0.536. The van der Waals surface area contributed by atoms with Crippen LogP contribution in [0.25, 0.3) is 0 Å². The van der Waals surface area contributed by atoms with Crippen LogP contribution < -0.4 is 0 Å². The number of aromatic hydroxyl groups is 2. The van der Waals surface area contributed by atoms with Crippen LogP contribution in [-0.4, -0.2) is 10.2 Å². The van der Waals surface area contributed by atoms with Gasteiger partial charge in [0, 0.05) is 0 Å². The number of aryl methyl sites for hydroxylation is 1. The minimum atomic E-state index is -0.00547. The van der Waals surface area contributed by atoms with Crippen molar-refractivity contribution >= 4 is 0 Å². The first-order valence-electron chi connectivity index (χ1n) is 5.61. The molecular formula is C14H20O2. The molecule has 2 nitrogen and oxygen atoms in total. The minimum absolute atomic E-state index is 0.00547. The third kappa shape index (κ3) is 2.78. The van der Waals surface area contributed by atoms with Gasteiger partial charge in [-0.1, -0.05) is 32.1 Å². The minimum Gasteiger partial charge on any atom is -0.504 e. The molecule has 0 heterocycles. The molecule has 0 atom stereocenters. The van der Waals surface area contributed by atoms with Gasteiger partial charge in [0.1, 0.15) is 0 Å². The molecule has 0 unspecified atom stereocenters. The Morgan fingerprint density at radius 3 is 2.38 bits per heavy atom. The third-order valence-corrected chi connectivity index (χ3v) is 2.68.